The zero-order valence-corrected chi connectivity index (χ0v) is 13.4. The Morgan fingerprint density at radius 2 is 1.56 bits per heavy atom. The fourth-order valence-electron chi connectivity index (χ4n) is 2.05. The van der Waals surface area contributed by atoms with E-state index in [1.807, 2.05) is 6.07 Å². The number of benzene rings is 2. The maximum Gasteiger partial charge on any atom is 0.471 e. The molecule has 0 bridgehead atoms. The quantitative estimate of drug-likeness (QED) is 0.727. The van der Waals surface area contributed by atoms with Crippen LogP contribution in [0.5, 0.6) is 0 Å². The first-order chi connectivity index (χ1) is 12.8. The van der Waals surface area contributed by atoms with E-state index in [4.69, 9.17) is 4.42 Å². The lowest BCUT2D eigenvalue weighted by Crippen LogP contribution is -2.29. The molecule has 0 atom stereocenters. The summed E-state index contributed by atoms with van der Waals surface area (Å²) in [7, 11) is 0. The number of rotatable bonds is 4. The third-order valence-corrected chi connectivity index (χ3v) is 3.33. The van der Waals surface area contributed by atoms with Crippen molar-refractivity contribution in [3.8, 4) is 11.5 Å². The van der Waals surface area contributed by atoms with Crippen LogP contribution in [0.15, 0.2) is 59.0 Å². The molecule has 0 aliphatic rings. The monoisotopic (exact) mass is 376 g/mol. The Morgan fingerprint density at radius 3 is 2.19 bits per heavy atom. The van der Waals surface area contributed by atoms with Gasteiger partial charge in [0, 0.05) is 16.8 Å². The van der Waals surface area contributed by atoms with Crippen LogP contribution >= 0.6 is 0 Å². The number of nitrogens with zero attached hydrogens (tertiary/aromatic N) is 2. The lowest BCUT2D eigenvalue weighted by Gasteiger charge is -2.08. The predicted molar refractivity (Wildman–Crippen MR) is 88.8 cm³/mol. The van der Waals surface area contributed by atoms with Crippen LogP contribution in [0, 0.1) is 0 Å². The molecule has 10 heteroatoms. The van der Waals surface area contributed by atoms with Crippen LogP contribution in [0.1, 0.15) is 10.4 Å². The fraction of sp³-hybridized carbons (Fsp3) is 0.0588. The van der Waals surface area contributed by atoms with Crippen molar-refractivity contribution in [2.75, 3.05) is 10.6 Å². The van der Waals surface area contributed by atoms with Crippen LogP contribution < -0.4 is 10.6 Å². The number of aromatic nitrogens is 2. The van der Waals surface area contributed by atoms with Gasteiger partial charge in [-0.05, 0) is 36.4 Å². The molecule has 3 aromatic rings. The summed E-state index contributed by atoms with van der Waals surface area (Å²) < 4.78 is 42.0. The predicted octanol–water partition coefficient (Wildman–Crippen LogP) is 3.49. The highest BCUT2D eigenvalue weighted by molar-refractivity contribution is 6.03. The van der Waals surface area contributed by atoms with Crippen LogP contribution in [0.4, 0.5) is 24.9 Å². The van der Waals surface area contributed by atoms with E-state index in [0.717, 1.165) is 0 Å². The number of carbonyl (C=O) groups is 2. The van der Waals surface area contributed by atoms with Gasteiger partial charge in [-0.3, -0.25) is 14.9 Å². The molecule has 3 rings (SSSR count). The number of carbonyl (C=O) groups excluding carboxylic acids is 2. The van der Waals surface area contributed by atoms with Crippen molar-refractivity contribution in [3.05, 3.63) is 60.2 Å². The first-order valence-corrected chi connectivity index (χ1v) is 7.51. The number of nitrogens with one attached hydrogen (secondary N) is 2. The first kappa shape index (κ1) is 18.1. The van der Waals surface area contributed by atoms with Crippen LogP contribution in [0.2, 0.25) is 0 Å². The Bertz CT molecular complexity index is 954. The molecule has 27 heavy (non-hydrogen) atoms. The highest BCUT2D eigenvalue weighted by Gasteiger charge is 2.38. The lowest BCUT2D eigenvalue weighted by molar-refractivity contribution is -0.167. The molecule has 2 aromatic carbocycles. The average molecular weight is 376 g/mol. The second-order valence-electron chi connectivity index (χ2n) is 5.26. The molecule has 1 aromatic heterocycles. The summed E-state index contributed by atoms with van der Waals surface area (Å²) in [5.74, 6) is -2.48. The maximum atomic E-state index is 12.2. The van der Waals surface area contributed by atoms with E-state index in [9.17, 15) is 22.8 Å². The first-order valence-electron chi connectivity index (χ1n) is 7.51. The summed E-state index contributed by atoms with van der Waals surface area (Å²) in [6.07, 6.45) is -5.00. The zero-order valence-electron chi connectivity index (χ0n) is 13.4. The molecule has 0 unspecified atom stereocenters. The largest absolute Gasteiger partial charge is 0.471 e. The molecule has 0 spiro atoms. The molecule has 0 fully saturated rings. The topological polar surface area (TPSA) is 97.1 Å². The molecule has 7 nitrogen and oxygen atoms in total. The van der Waals surface area contributed by atoms with Crippen LogP contribution in [0.3, 0.4) is 0 Å². The molecule has 2 amide bonds. The summed E-state index contributed by atoms with van der Waals surface area (Å²) in [6.45, 7) is 0. The number of anilines is 2. The van der Waals surface area contributed by atoms with Crippen LogP contribution in [-0.2, 0) is 4.79 Å². The van der Waals surface area contributed by atoms with Crippen molar-refractivity contribution in [2.24, 2.45) is 0 Å². The van der Waals surface area contributed by atoms with E-state index < -0.39 is 18.0 Å². The molecule has 0 saturated carbocycles. The molecule has 138 valence electrons. The summed E-state index contributed by atoms with van der Waals surface area (Å²) in [5, 5.41) is 11.6. The molecule has 0 aliphatic carbocycles. The van der Waals surface area contributed by atoms with E-state index >= 15 is 0 Å². The van der Waals surface area contributed by atoms with E-state index in [1.54, 1.807) is 29.6 Å². The Balaban J connectivity index is 1.65. The molecule has 1 heterocycles. The van der Waals surface area contributed by atoms with Crippen molar-refractivity contribution in [1.29, 1.82) is 0 Å². The van der Waals surface area contributed by atoms with Gasteiger partial charge >= 0.3 is 18.1 Å². The van der Waals surface area contributed by atoms with Gasteiger partial charge in [0.15, 0.2) is 0 Å². The smallest absolute Gasteiger partial charge is 0.403 e. The van der Waals surface area contributed by atoms with Crippen molar-refractivity contribution in [3.63, 3.8) is 0 Å². The van der Waals surface area contributed by atoms with Gasteiger partial charge in [-0.15, -0.1) is 5.10 Å². The van der Waals surface area contributed by atoms with Crippen molar-refractivity contribution >= 4 is 23.5 Å². The van der Waals surface area contributed by atoms with Gasteiger partial charge in [-0.2, -0.15) is 13.2 Å². The zero-order chi connectivity index (χ0) is 19.4. The van der Waals surface area contributed by atoms with E-state index in [0.29, 0.717) is 5.56 Å². The molecule has 0 aliphatic heterocycles. The minimum atomic E-state index is -5.00. The van der Waals surface area contributed by atoms with Crippen molar-refractivity contribution < 1.29 is 27.2 Å². The number of alkyl halides is 3. The van der Waals surface area contributed by atoms with Gasteiger partial charge < -0.3 is 9.73 Å². The van der Waals surface area contributed by atoms with Crippen LogP contribution in [0.25, 0.3) is 11.5 Å². The lowest BCUT2D eigenvalue weighted by atomic mass is 10.2. The van der Waals surface area contributed by atoms with Gasteiger partial charge in [0.1, 0.15) is 0 Å². The fourth-order valence-corrected chi connectivity index (χ4v) is 2.05. The van der Waals surface area contributed by atoms with Gasteiger partial charge in [0.05, 0.1) is 0 Å². The molecular formula is C17H11F3N4O3. The standard InChI is InChI=1S/C17H11F3N4O3/c18-17(19,20)15(26)21-12-8-6-10(7-9-12)13(25)22-16-24-23-14(27-16)11-4-2-1-3-5-11/h1-9H,(H,21,26)(H,22,24,25). The van der Waals surface area contributed by atoms with Crippen molar-refractivity contribution in [2.45, 2.75) is 6.18 Å². The normalized spacial score (nSPS) is 11.1. The molecule has 0 saturated heterocycles. The molecular weight excluding hydrogens is 365 g/mol. The summed E-state index contributed by atoms with van der Waals surface area (Å²) in [4.78, 5) is 23.0. The number of halogens is 3. The Labute approximate surface area is 150 Å². The SMILES string of the molecule is O=C(Nc1nnc(-c2ccccc2)o1)c1ccc(NC(=O)C(F)(F)F)cc1. The second kappa shape index (κ2) is 7.28. The number of hydrogen-bond acceptors (Lipinski definition) is 5. The van der Waals surface area contributed by atoms with Gasteiger partial charge in [-0.1, -0.05) is 23.3 Å². The van der Waals surface area contributed by atoms with Crippen molar-refractivity contribution in [1.82, 2.24) is 10.2 Å². The number of amides is 2. The van der Waals surface area contributed by atoms with E-state index in [1.165, 1.54) is 24.3 Å². The molecule has 0 radical (unpaired) electrons. The third-order valence-electron chi connectivity index (χ3n) is 3.33. The van der Waals surface area contributed by atoms with E-state index in [-0.39, 0.29) is 23.2 Å². The Hall–Kier alpha value is -3.69. The van der Waals surface area contributed by atoms with Gasteiger partial charge in [0.2, 0.25) is 5.89 Å². The van der Waals surface area contributed by atoms with E-state index in [2.05, 4.69) is 15.5 Å². The van der Waals surface area contributed by atoms with Gasteiger partial charge in [0.25, 0.3) is 5.91 Å². The maximum absolute atomic E-state index is 12.2. The molecule has 2 N–H and O–H groups in total. The summed E-state index contributed by atoms with van der Waals surface area (Å²) in [5.41, 5.74) is 0.702. The van der Waals surface area contributed by atoms with Gasteiger partial charge in [-0.25, -0.2) is 0 Å². The number of hydrogen-bond donors (Lipinski definition) is 2. The summed E-state index contributed by atoms with van der Waals surface area (Å²) in [6, 6.07) is 13.6. The Morgan fingerprint density at radius 1 is 0.889 bits per heavy atom. The van der Waals surface area contributed by atoms with Crippen LogP contribution in [-0.4, -0.2) is 28.2 Å². The Kier molecular flexibility index (Phi) is 4.88. The minimum Gasteiger partial charge on any atom is -0.403 e. The summed E-state index contributed by atoms with van der Waals surface area (Å²) >= 11 is 0. The third kappa shape index (κ3) is 4.48. The second-order valence-corrected chi connectivity index (χ2v) is 5.26. The minimum absolute atomic E-state index is 0.0990. The average Bonchev–Trinajstić information content (AvgIpc) is 3.10. The highest BCUT2D eigenvalue weighted by Crippen LogP contribution is 2.21. The highest BCUT2D eigenvalue weighted by atomic mass is 19.4.